The van der Waals surface area contributed by atoms with E-state index in [1.807, 2.05) is 36.4 Å². The highest BCUT2D eigenvalue weighted by molar-refractivity contribution is 6.35. The monoisotopic (exact) mass is 539 g/mol. The van der Waals surface area contributed by atoms with Crippen LogP contribution in [-0.2, 0) is 9.53 Å². The van der Waals surface area contributed by atoms with Crippen molar-refractivity contribution in [1.29, 1.82) is 0 Å². The average molecular weight is 540 g/mol. The molecular formula is C30H31Cl2NO4. The van der Waals surface area contributed by atoms with E-state index in [4.69, 9.17) is 32.7 Å². The molecule has 4 rings (SSSR count). The molecule has 7 heteroatoms. The van der Waals surface area contributed by atoms with Crippen molar-refractivity contribution in [2.45, 2.75) is 39.2 Å². The Morgan fingerprint density at radius 3 is 2.35 bits per heavy atom. The van der Waals surface area contributed by atoms with Crippen LogP contribution in [-0.4, -0.2) is 24.9 Å². The molecular weight excluding hydrogens is 509 g/mol. The average Bonchev–Trinajstić information content (AvgIpc) is 2.88. The summed E-state index contributed by atoms with van der Waals surface area (Å²) >= 11 is 12.6. The Morgan fingerprint density at radius 1 is 1.03 bits per heavy atom. The molecule has 3 aromatic carbocycles. The number of carbonyl (C=O) groups excluding carboxylic acids is 2. The highest BCUT2D eigenvalue weighted by Gasteiger charge is 2.35. The van der Waals surface area contributed by atoms with Gasteiger partial charge in [-0.25, -0.2) is 0 Å². The van der Waals surface area contributed by atoms with E-state index in [2.05, 4.69) is 19.2 Å². The Kier molecular flexibility index (Phi) is 8.91. The first-order chi connectivity index (χ1) is 17.7. The summed E-state index contributed by atoms with van der Waals surface area (Å²) in [6, 6.07) is 20.2. The molecule has 0 unspecified atom stereocenters. The molecule has 0 bridgehead atoms. The topological polar surface area (TPSA) is 64.6 Å². The first-order valence-corrected chi connectivity index (χ1v) is 13.2. The second-order valence-corrected chi connectivity index (χ2v) is 10.6. The van der Waals surface area contributed by atoms with Crippen LogP contribution in [0.1, 0.15) is 60.7 Å². The van der Waals surface area contributed by atoms with Gasteiger partial charge in [-0.1, -0.05) is 55.2 Å². The number of rotatable bonds is 8. The van der Waals surface area contributed by atoms with E-state index in [1.54, 1.807) is 30.3 Å². The molecule has 0 aliphatic carbocycles. The third kappa shape index (κ3) is 6.92. The fraction of sp³-hybridized carbons (Fsp3) is 0.333. The number of nitrogens with one attached hydrogen (secondary N) is 1. The van der Waals surface area contributed by atoms with Crippen molar-refractivity contribution in [3.8, 4) is 5.75 Å². The smallest absolute Gasteiger partial charge is 0.262 e. The van der Waals surface area contributed by atoms with Crippen molar-refractivity contribution in [2.75, 3.05) is 18.5 Å². The van der Waals surface area contributed by atoms with Gasteiger partial charge >= 0.3 is 0 Å². The molecule has 1 fully saturated rings. The molecule has 1 heterocycles. The first-order valence-electron chi connectivity index (χ1n) is 12.4. The Morgan fingerprint density at radius 2 is 1.73 bits per heavy atom. The van der Waals surface area contributed by atoms with Gasteiger partial charge in [-0.15, -0.1) is 0 Å². The maximum absolute atomic E-state index is 12.3. The number of amides is 1. The lowest BCUT2D eigenvalue weighted by Gasteiger charge is -2.39. The van der Waals surface area contributed by atoms with E-state index < -0.39 is 0 Å². The molecule has 1 aliphatic rings. The van der Waals surface area contributed by atoms with Gasteiger partial charge in [0.15, 0.2) is 12.4 Å². The summed E-state index contributed by atoms with van der Waals surface area (Å²) in [6.45, 7) is 6.41. The maximum Gasteiger partial charge on any atom is 0.262 e. The quantitative estimate of drug-likeness (QED) is 0.297. The van der Waals surface area contributed by atoms with Gasteiger partial charge in [0.2, 0.25) is 0 Å². The summed E-state index contributed by atoms with van der Waals surface area (Å²) in [6.07, 6.45) is 0.938. The summed E-state index contributed by atoms with van der Waals surface area (Å²) in [4.78, 5) is 23.7. The number of benzene rings is 3. The lowest BCUT2D eigenvalue weighted by atomic mass is 9.76. The molecule has 37 heavy (non-hydrogen) atoms. The van der Waals surface area contributed by atoms with Gasteiger partial charge < -0.3 is 14.8 Å². The van der Waals surface area contributed by atoms with Gasteiger partial charge in [0.05, 0.1) is 12.7 Å². The van der Waals surface area contributed by atoms with E-state index in [0.29, 0.717) is 45.5 Å². The Hall–Kier alpha value is -2.86. The number of ketones is 1. The number of Topliss-reactive ketones (excluding diaryl/α,β-unsaturated/α-hetero) is 1. The number of ether oxygens (including phenoxy) is 2. The minimum Gasteiger partial charge on any atom is -0.484 e. The minimum absolute atomic E-state index is 0.0197. The van der Waals surface area contributed by atoms with Crippen LogP contribution in [0.5, 0.6) is 5.75 Å². The van der Waals surface area contributed by atoms with Crippen LogP contribution in [0, 0.1) is 11.8 Å². The van der Waals surface area contributed by atoms with Crippen LogP contribution in [0.15, 0.2) is 66.7 Å². The third-order valence-corrected chi connectivity index (χ3v) is 7.40. The van der Waals surface area contributed by atoms with Crippen LogP contribution in [0.4, 0.5) is 5.69 Å². The Bertz CT molecular complexity index is 1240. The molecule has 1 amide bonds. The van der Waals surface area contributed by atoms with Crippen molar-refractivity contribution < 1.29 is 19.1 Å². The summed E-state index contributed by atoms with van der Waals surface area (Å²) in [7, 11) is 0. The van der Waals surface area contributed by atoms with Crippen LogP contribution >= 0.6 is 23.2 Å². The summed E-state index contributed by atoms with van der Waals surface area (Å²) in [5.41, 5.74) is 3.37. The van der Waals surface area contributed by atoms with E-state index in [0.717, 1.165) is 17.5 Å². The number of hydrogen-bond acceptors (Lipinski definition) is 4. The molecule has 1 aliphatic heterocycles. The Balaban J connectivity index is 1.35. The molecule has 3 atom stereocenters. The fourth-order valence-corrected chi connectivity index (χ4v) is 5.33. The molecule has 1 N–H and O–H groups in total. The number of halogens is 2. The summed E-state index contributed by atoms with van der Waals surface area (Å²) in [5, 5.41) is 4.08. The molecule has 0 saturated carbocycles. The van der Waals surface area contributed by atoms with Gasteiger partial charge in [0.1, 0.15) is 5.75 Å². The SMILES string of the molecule is CC(=O)c1ccc(NC(=O)COc2ccc([C@@H]3OC[C@@H](c4ccc(Cl)cc4Cl)C[C@H]3C(C)C)cc2)cc1. The van der Waals surface area contributed by atoms with Crippen LogP contribution < -0.4 is 10.1 Å². The number of carbonyl (C=O) groups is 2. The molecule has 5 nitrogen and oxygen atoms in total. The third-order valence-electron chi connectivity index (χ3n) is 6.83. The first kappa shape index (κ1) is 27.2. The highest BCUT2D eigenvalue weighted by atomic mass is 35.5. The van der Waals surface area contributed by atoms with Crippen LogP contribution in [0.25, 0.3) is 0 Å². The second-order valence-electron chi connectivity index (χ2n) is 9.80. The summed E-state index contributed by atoms with van der Waals surface area (Å²) in [5.74, 6) is 1.26. The zero-order chi connectivity index (χ0) is 26.5. The van der Waals surface area contributed by atoms with Crippen molar-refractivity contribution in [2.24, 2.45) is 11.8 Å². The fourth-order valence-electron chi connectivity index (χ4n) is 4.77. The summed E-state index contributed by atoms with van der Waals surface area (Å²) < 4.78 is 12.1. The molecule has 3 aromatic rings. The molecule has 194 valence electrons. The lowest BCUT2D eigenvalue weighted by Crippen LogP contribution is -2.31. The van der Waals surface area contributed by atoms with Crippen molar-refractivity contribution in [3.63, 3.8) is 0 Å². The number of hydrogen-bond donors (Lipinski definition) is 1. The van der Waals surface area contributed by atoms with Gasteiger partial charge in [0, 0.05) is 27.2 Å². The largest absolute Gasteiger partial charge is 0.484 e. The van der Waals surface area contributed by atoms with Gasteiger partial charge in [-0.2, -0.15) is 0 Å². The molecule has 0 aromatic heterocycles. The predicted molar refractivity (Wildman–Crippen MR) is 148 cm³/mol. The highest BCUT2D eigenvalue weighted by Crippen LogP contribution is 2.45. The molecule has 1 saturated heterocycles. The van der Waals surface area contributed by atoms with Crippen molar-refractivity contribution in [3.05, 3.63) is 93.5 Å². The van der Waals surface area contributed by atoms with Gasteiger partial charge in [-0.05, 0) is 84.8 Å². The normalized spacial score (nSPS) is 19.5. The maximum atomic E-state index is 12.3. The molecule has 0 radical (unpaired) electrons. The lowest BCUT2D eigenvalue weighted by molar-refractivity contribution is -0.118. The second kappa shape index (κ2) is 12.1. The molecule has 0 spiro atoms. The number of anilines is 1. The predicted octanol–water partition coefficient (Wildman–Crippen LogP) is 7.73. The van der Waals surface area contributed by atoms with Crippen LogP contribution in [0.2, 0.25) is 10.0 Å². The zero-order valence-corrected chi connectivity index (χ0v) is 22.7. The van der Waals surface area contributed by atoms with Gasteiger partial charge in [-0.3, -0.25) is 9.59 Å². The van der Waals surface area contributed by atoms with Crippen molar-refractivity contribution in [1.82, 2.24) is 0 Å². The van der Waals surface area contributed by atoms with E-state index >= 15 is 0 Å². The van der Waals surface area contributed by atoms with Crippen LogP contribution in [0.3, 0.4) is 0 Å². The van der Waals surface area contributed by atoms with E-state index in [1.165, 1.54) is 6.92 Å². The zero-order valence-electron chi connectivity index (χ0n) is 21.2. The standard InChI is InChI=1S/C30H31Cl2NO4/c1-18(2)27-14-22(26-13-8-23(31)15-28(26)32)16-37-30(27)21-6-11-25(12-7-21)36-17-29(35)33-24-9-4-20(5-10-24)19(3)34/h4-13,15,18,22,27,30H,14,16-17H2,1-3H3,(H,33,35)/t22-,27-,30-/m0/s1. The minimum atomic E-state index is -0.276. The van der Waals surface area contributed by atoms with Crippen molar-refractivity contribution >= 4 is 40.6 Å². The van der Waals surface area contributed by atoms with Gasteiger partial charge in [0.25, 0.3) is 5.91 Å². The Labute approximate surface area is 228 Å². The van der Waals surface area contributed by atoms with E-state index in [-0.39, 0.29) is 30.3 Å². The van der Waals surface area contributed by atoms with E-state index in [9.17, 15) is 9.59 Å².